The standard InChI is InChI=1S/C16H25N/c1-3-13-5-7-14(8-6-13)11-15-10-12(2)4-9-16(15)17/h5-8,12,15-16H,3-4,9-11,17H2,1-2H3. The Bertz CT molecular complexity index is 341. The van der Waals surface area contributed by atoms with Gasteiger partial charge >= 0.3 is 0 Å². The van der Waals surface area contributed by atoms with Crippen molar-refractivity contribution in [2.45, 2.75) is 52.0 Å². The smallest absolute Gasteiger partial charge is 0.00705 e. The predicted octanol–water partition coefficient (Wildman–Crippen LogP) is 3.56. The second-order valence-electron chi connectivity index (χ2n) is 5.72. The van der Waals surface area contributed by atoms with Gasteiger partial charge in [-0.1, -0.05) is 38.1 Å². The highest BCUT2D eigenvalue weighted by Gasteiger charge is 2.25. The van der Waals surface area contributed by atoms with E-state index in [-0.39, 0.29) is 0 Å². The van der Waals surface area contributed by atoms with Crippen LogP contribution in [-0.4, -0.2) is 6.04 Å². The van der Waals surface area contributed by atoms with Gasteiger partial charge in [0.25, 0.3) is 0 Å². The third-order valence-electron chi connectivity index (χ3n) is 4.23. The Morgan fingerprint density at radius 2 is 1.76 bits per heavy atom. The van der Waals surface area contributed by atoms with E-state index in [9.17, 15) is 0 Å². The fraction of sp³-hybridized carbons (Fsp3) is 0.625. The Morgan fingerprint density at radius 3 is 2.41 bits per heavy atom. The number of aryl methyl sites for hydroxylation is 1. The van der Waals surface area contributed by atoms with E-state index < -0.39 is 0 Å². The molecule has 1 aromatic carbocycles. The second-order valence-corrected chi connectivity index (χ2v) is 5.72. The first-order valence-corrected chi connectivity index (χ1v) is 7.02. The minimum absolute atomic E-state index is 0.414. The van der Waals surface area contributed by atoms with Crippen molar-refractivity contribution in [3.05, 3.63) is 35.4 Å². The maximum absolute atomic E-state index is 6.25. The Labute approximate surface area is 105 Å². The molecule has 1 aliphatic rings. The van der Waals surface area contributed by atoms with E-state index in [0.29, 0.717) is 12.0 Å². The molecule has 1 saturated carbocycles. The summed E-state index contributed by atoms with van der Waals surface area (Å²) in [4.78, 5) is 0. The lowest BCUT2D eigenvalue weighted by Crippen LogP contribution is -2.36. The van der Waals surface area contributed by atoms with Crippen LogP contribution >= 0.6 is 0 Å². The van der Waals surface area contributed by atoms with Crippen LogP contribution in [0.25, 0.3) is 0 Å². The summed E-state index contributed by atoms with van der Waals surface area (Å²) in [6, 6.07) is 9.49. The van der Waals surface area contributed by atoms with Gasteiger partial charge in [-0.05, 0) is 55.1 Å². The van der Waals surface area contributed by atoms with Crippen molar-refractivity contribution in [3.63, 3.8) is 0 Å². The van der Waals surface area contributed by atoms with Crippen LogP contribution in [0.1, 0.15) is 44.2 Å². The van der Waals surface area contributed by atoms with E-state index in [1.54, 1.807) is 0 Å². The Kier molecular flexibility index (Phi) is 4.22. The molecule has 0 aromatic heterocycles. The zero-order valence-corrected chi connectivity index (χ0v) is 11.2. The molecule has 0 aliphatic heterocycles. The molecule has 1 fully saturated rings. The summed E-state index contributed by atoms with van der Waals surface area (Å²) in [6.07, 6.45) is 6.11. The number of nitrogens with two attached hydrogens (primary N) is 1. The van der Waals surface area contributed by atoms with Crippen LogP contribution in [0, 0.1) is 11.8 Å². The zero-order chi connectivity index (χ0) is 12.3. The quantitative estimate of drug-likeness (QED) is 0.846. The maximum Gasteiger partial charge on any atom is 0.00705 e. The molecule has 0 radical (unpaired) electrons. The molecule has 3 atom stereocenters. The van der Waals surface area contributed by atoms with Crippen LogP contribution in [0.2, 0.25) is 0 Å². The first-order valence-electron chi connectivity index (χ1n) is 7.02. The fourth-order valence-electron chi connectivity index (χ4n) is 2.97. The molecular weight excluding hydrogens is 206 g/mol. The van der Waals surface area contributed by atoms with Crippen LogP contribution in [0.15, 0.2) is 24.3 Å². The van der Waals surface area contributed by atoms with Crippen molar-refractivity contribution in [2.24, 2.45) is 17.6 Å². The van der Waals surface area contributed by atoms with Gasteiger partial charge in [0.1, 0.15) is 0 Å². The van der Waals surface area contributed by atoms with Crippen LogP contribution in [0.4, 0.5) is 0 Å². The van der Waals surface area contributed by atoms with Crippen LogP contribution in [-0.2, 0) is 12.8 Å². The van der Waals surface area contributed by atoms with Gasteiger partial charge in [0.2, 0.25) is 0 Å². The fourth-order valence-corrected chi connectivity index (χ4v) is 2.97. The van der Waals surface area contributed by atoms with Crippen LogP contribution < -0.4 is 5.73 Å². The summed E-state index contributed by atoms with van der Waals surface area (Å²) < 4.78 is 0. The largest absolute Gasteiger partial charge is 0.327 e. The second kappa shape index (κ2) is 5.68. The predicted molar refractivity (Wildman–Crippen MR) is 74.0 cm³/mol. The van der Waals surface area contributed by atoms with Crippen molar-refractivity contribution >= 4 is 0 Å². The van der Waals surface area contributed by atoms with Crippen LogP contribution in [0.3, 0.4) is 0 Å². The average Bonchev–Trinajstić information content (AvgIpc) is 2.35. The van der Waals surface area contributed by atoms with Gasteiger partial charge in [0, 0.05) is 6.04 Å². The van der Waals surface area contributed by atoms with E-state index >= 15 is 0 Å². The summed E-state index contributed by atoms with van der Waals surface area (Å²) in [6.45, 7) is 4.56. The van der Waals surface area contributed by atoms with Crippen molar-refractivity contribution in [3.8, 4) is 0 Å². The first kappa shape index (κ1) is 12.6. The third kappa shape index (κ3) is 3.32. The SMILES string of the molecule is CCc1ccc(CC2CC(C)CCC2N)cc1. The van der Waals surface area contributed by atoms with Crippen molar-refractivity contribution in [1.29, 1.82) is 0 Å². The van der Waals surface area contributed by atoms with Crippen LogP contribution in [0.5, 0.6) is 0 Å². The first-order chi connectivity index (χ1) is 8.19. The van der Waals surface area contributed by atoms with E-state index in [4.69, 9.17) is 5.73 Å². The number of rotatable bonds is 3. The Hall–Kier alpha value is -0.820. The molecule has 0 saturated heterocycles. The van der Waals surface area contributed by atoms with Crippen molar-refractivity contribution < 1.29 is 0 Å². The highest BCUT2D eigenvalue weighted by atomic mass is 14.7. The number of hydrogen-bond donors (Lipinski definition) is 1. The van der Waals surface area contributed by atoms with Gasteiger partial charge < -0.3 is 5.73 Å². The van der Waals surface area contributed by atoms with Gasteiger partial charge in [-0.15, -0.1) is 0 Å². The molecule has 1 aromatic rings. The lowest BCUT2D eigenvalue weighted by Gasteiger charge is -2.32. The van der Waals surface area contributed by atoms with Gasteiger partial charge in [-0.3, -0.25) is 0 Å². The summed E-state index contributed by atoms with van der Waals surface area (Å²) >= 11 is 0. The van der Waals surface area contributed by atoms with E-state index in [1.807, 2.05) is 0 Å². The van der Waals surface area contributed by atoms with Crippen molar-refractivity contribution in [2.75, 3.05) is 0 Å². The van der Waals surface area contributed by atoms with E-state index in [2.05, 4.69) is 38.1 Å². The third-order valence-corrected chi connectivity index (χ3v) is 4.23. The lowest BCUT2D eigenvalue weighted by atomic mass is 9.76. The normalized spacial score (nSPS) is 29.2. The minimum atomic E-state index is 0.414. The molecule has 0 bridgehead atoms. The summed E-state index contributed by atoms with van der Waals surface area (Å²) in [5.74, 6) is 1.54. The zero-order valence-electron chi connectivity index (χ0n) is 11.2. The van der Waals surface area contributed by atoms with E-state index in [1.165, 1.54) is 30.4 Å². The van der Waals surface area contributed by atoms with E-state index in [0.717, 1.165) is 18.8 Å². The van der Waals surface area contributed by atoms with Gasteiger partial charge in [-0.2, -0.15) is 0 Å². The molecule has 17 heavy (non-hydrogen) atoms. The Balaban J connectivity index is 1.98. The number of hydrogen-bond acceptors (Lipinski definition) is 1. The molecule has 94 valence electrons. The highest BCUT2D eigenvalue weighted by molar-refractivity contribution is 5.23. The molecule has 3 unspecified atom stereocenters. The minimum Gasteiger partial charge on any atom is -0.327 e. The Morgan fingerprint density at radius 1 is 1.12 bits per heavy atom. The molecule has 1 heteroatoms. The topological polar surface area (TPSA) is 26.0 Å². The summed E-state index contributed by atoms with van der Waals surface area (Å²) in [5, 5.41) is 0. The molecule has 0 heterocycles. The van der Waals surface area contributed by atoms with Crippen molar-refractivity contribution in [1.82, 2.24) is 0 Å². The maximum atomic E-state index is 6.25. The van der Waals surface area contributed by atoms with Gasteiger partial charge in [0.05, 0.1) is 0 Å². The average molecular weight is 231 g/mol. The molecule has 0 spiro atoms. The summed E-state index contributed by atoms with van der Waals surface area (Å²) in [5.41, 5.74) is 9.13. The molecule has 0 amide bonds. The molecule has 1 aliphatic carbocycles. The highest BCUT2D eigenvalue weighted by Crippen LogP contribution is 2.30. The monoisotopic (exact) mass is 231 g/mol. The van der Waals surface area contributed by atoms with Gasteiger partial charge in [-0.25, -0.2) is 0 Å². The van der Waals surface area contributed by atoms with Gasteiger partial charge in [0.15, 0.2) is 0 Å². The molecular formula is C16H25N. The lowest BCUT2D eigenvalue weighted by molar-refractivity contribution is 0.245. The molecule has 1 nitrogen and oxygen atoms in total. The summed E-state index contributed by atoms with van der Waals surface area (Å²) in [7, 11) is 0. The number of benzene rings is 1. The molecule has 2 N–H and O–H groups in total. The molecule has 2 rings (SSSR count).